The van der Waals surface area contributed by atoms with Crippen LogP contribution in [0.2, 0.25) is 0 Å². The van der Waals surface area contributed by atoms with Gasteiger partial charge in [-0.05, 0) is 31.8 Å². The maximum atomic E-state index is 5.87. The summed E-state index contributed by atoms with van der Waals surface area (Å²) in [7, 11) is 0. The fourth-order valence-corrected chi connectivity index (χ4v) is 2.27. The van der Waals surface area contributed by atoms with Crippen molar-refractivity contribution in [1.82, 2.24) is 9.55 Å². The maximum Gasteiger partial charge on any atom is 0.0948 e. The average Bonchev–Trinajstić information content (AvgIpc) is 2.71. The monoisotopic (exact) mass is 241 g/mol. The van der Waals surface area contributed by atoms with E-state index in [4.69, 9.17) is 5.73 Å². The number of rotatable bonds is 8. The molecule has 16 heavy (non-hydrogen) atoms. The third-order valence-electron chi connectivity index (χ3n) is 2.71. The Morgan fingerprint density at radius 2 is 2.12 bits per heavy atom. The third-order valence-corrected chi connectivity index (χ3v) is 3.41. The van der Waals surface area contributed by atoms with Crippen LogP contribution in [0.1, 0.15) is 44.3 Å². The standard InChI is InChI=1S/C12H23N3S/c1-11(13)12-9-14-10-15(12)7-5-3-4-6-8-16-2/h9-11H,3-8,13H2,1-2H3. The molecule has 2 N–H and O–H groups in total. The third kappa shape index (κ3) is 4.58. The van der Waals surface area contributed by atoms with Gasteiger partial charge in [0, 0.05) is 18.8 Å². The van der Waals surface area contributed by atoms with Crippen molar-refractivity contribution in [2.24, 2.45) is 5.73 Å². The zero-order chi connectivity index (χ0) is 11.8. The summed E-state index contributed by atoms with van der Waals surface area (Å²) in [5.41, 5.74) is 7.01. The Balaban J connectivity index is 2.19. The number of nitrogens with two attached hydrogens (primary N) is 1. The Labute approximate surface area is 103 Å². The molecule has 0 radical (unpaired) electrons. The molecule has 92 valence electrons. The summed E-state index contributed by atoms with van der Waals surface area (Å²) >= 11 is 1.93. The van der Waals surface area contributed by atoms with Crippen LogP contribution in [0.4, 0.5) is 0 Å². The summed E-state index contributed by atoms with van der Waals surface area (Å²) < 4.78 is 2.18. The molecule has 0 aromatic carbocycles. The summed E-state index contributed by atoms with van der Waals surface area (Å²) in [6, 6.07) is 0.0824. The van der Waals surface area contributed by atoms with Crippen LogP contribution in [0.5, 0.6) is 0 Å². The molecule has 0 saturated carbocycles. The van der Waals surface area contributed by atoms with Crippen LogP contribution >= 0.6 is 11.8 Å². The quantitative estimate of drug-likeness (QED) is 0.712. The molecule has 0 aliphatic rings. The Kier molecular flexibility index (Phi) is 6.57. The lowest BCUT2D eigenvalue weighted by molar-refractivity contribution is 0.556. The van der Waals surface area contributed by atoms with Crippen molar-refractivity contribution in [3.8, 4) is 0 Å². The molecule has 4 heteroatoms. The minimum absolute atomic E-state index is 0.0824. The van der Waals surface area contributed by atoms with Gasteiger partial charge in [0.2, 0.25) is 0 Å². The predicted octanol–water partition coefficient (Wildman–Crippen LogP) is 2.83. The molecule has 0 fully saturated rings. The van der Waals surface area contributed by atoms with E-state index >= 15 is 0 Å². The highest BCUT2D eigenvalue weighted by atomic mass is 32.2. The molecule has 1 aromatic heterocycles. The van der Waals surface area contributed by atoms with E-state index in [1.165, 1.54) is 31.4 Å². The summed E-state index contributed by atoms with van der Waals surface area (Å²) in [6.07, 6.45) is 11.1. The van der Waals surface area contributed by atoms with E-state index in [1.54, 1.807) is 0 Å². The fourth-order valence-electron chi connectivity index (χ4n) is 1.78. The van der Waals surface area contributed by atoms with Crippen molar-refractivity contribution in [2.75, 3.05) is 12.0 Å². The molecular weight excluding hydrogens is 218 g/mol. The van der Waals surface area contributed by atoms with Crippen LogP contribution in [0.3, 0.4) is 0 Å². The number of nitrogens with zero attached hydrogens (tertiary/aromatic N) is 2. The van der Waals surface area contributed by atoms with Crippen molar-refractivity contribution in [3.05, 3.63) is 18.2 Å². The predicted molar refractivity (Wildman–Crippen MR) is 71.7 cm³/mol. The molecule has 0 spiro atoms. The molecule has 1 heterocycles. The van der Waals surface area contributed by atoms with Gasteiger partial charge in [0.05, 0.1) is 12.0 Å². The van der Waals surface area contributed by atoms with Crippen LogP contribution < -0.4 is 5.73 Å². The molecule has 0 aliphatic heterocycles. The van der Waals surface area contributed by atoms with Crippen LogP contribution in [0, 0.1) is 0 Å². The Morgan fingerprint density at radius 3 is 2.81 bits per heavy atom. The first-order valence-corrected chi connectivity index (χ1v) is 7.39. The van der Waals surface area contributed by atoms with Crippen LogP contribution in [-0.2, 0) is 6.54 Å². The van der Waals surface area contributed by atoms with Gasteiger partial charge < -0.3 is 10.3 Å². The molecule has 1 atom stereocenters. The van der Waals surface area contributed by atoms with Crippen LogP contribution in [0.15, 0.2) is 12.5 Å². The number of hydrogen-bond acceptors (Lipinski definition) is 3. The highest BCUT2D eigenvalue weighted by Gasteiger charge is 2.05. The smallest absolute Gasteiger partial charge is 0.0948 e. The zero-order valence-electron chi connectivity index (χ0n) is 10.4. The van der Waals surface area contributed by atoms with Gasteiger partial charge in [0.15, 0.2) is 0 Å². The second kappa shape index (κ2) is 7.74. The topological polar surface area (TPSA) is 43.8 Å². The van der Waals surface area contributed by atoms with E-state index in [1.807, 2.05) is 31.2 Å². The van der Waals surface area contributed by atoms with Crippen molar-refractivity contribution in [1.29, 1.82) is 0 Å². The number of aryl methyl sites for hydroxylation is 1. The van der Waals surface area contributed by atoms with E-state index in [2.05, 4.69) is 15.8 Å². The highest BCUT2D eigenvalue weighted by Crippen LogP contribution is 2.11. The van der Waals surface area contributed by atoms with Gasteiger partial charge in [0.25, 0.3) is 0 Å². The van der Waals surface area contributed by atoms with E-state index in [-0.39, 0.29) is 6.04 Å². The van der Waals surface area contributed by atoms with Crippen LogP contribution in [0.25, 0.3) is 0 Å². The first-order chi connectivity index (χ1) is 7.75. The molecule has 0 saturated heterocycles. The van der Waals surface area contributed by atoms with Gasteiger partial charge >= 0.3 is 0 Å². The molecule has 0 aliphatic carbocycles. The maximum absolute atomic E-state index is 5.87. The SMILES string of the molecule is CSCCCCCCn1cncc1C(C)N. The minimum atomic E-state index is 0.0824. The summed E-state index contributed by atoms with van der Waals surface area (Å²) in [5, 5.41) is 0. The number of imidazole rings is 1. The van der Waals surface area contributed by atoms with Crippen molar-refractivity contribution < 1.29 is 0 Å². The number of unbranched alkanes of at least 4 members (excludes halogenated alkanes) is 3. The van der Waals surface area contributed by atoms with Gasteiger partial charge in [-0.15, -0.1) is 0 Å². The van der Waals surface area contributed by atoms with E-state index < -0.39 is 0 Å². The second-order valence-electron chi connectivity index (χ2n) is 4.21. The number of aromatic nitrogens is 2. The highest BCUT2D eigenvalue weighted by molar-refractivity contribution is 7.98. The fraction of sp³-hybridized carbons (Fsp3) is 0.750. The lowest BCUT2D eigenvalue weighted by atomic mass is 10.2. The molecular formula is C12H23N3S. The average molecular weight is 241 g/mol. The minimum Gasteiger partial charge on any atom is -0.333 e. The van der Waals surface area contributed by atoms with Crippen LogP contribution in [-0.4, -0.2) is 21.6 Å². The molecule has 0 bridgehead atoms. The van der Waals surface area contributed by atoms with Crippen molar-refractivity contribution in [3.63, 3.8) is 0 Å². The van der Waals surface area contributed by atoms with Gasteiger partial charge in [-0.3, -0.25) is 0 Å². The Hall–Kier alpha value is -0.480. The zero-order valence-corrected chi connectivity index (χ0v) is 11.2. The molecule has 3 nitrogen and oxygen atoms in total. The molecule has 0 amide bonds. The second-order valence-corrected chi connectivity index (χ2v) is 5.19. The Bertz CT molecular complexity index is 284. The lowest BCUT2D eigenvalue weighted by Gasteiger charge is -2.10. The number of thioether (sulfide) groups is 1. The summed E-state index contributed by atoms with van der Waals surface area (Å²) in [6.45, 7) is 3.06. The first kappa shape index (κ1) is 13.6. The first-order valence-electron chi connectivity index (χ1n) is 6.00. The van der Waals surface area contributed by atoms with Gasteiger partial charge in [0.1, 0.15) is 0 Å². The van der Waals surface area contributed by atoms with Crippen molar-refractivity contribution in [2.45, 2.75) is 45.2 Å². The van der Waals surface area contributed by atoms with Gasteiger partial charge in [-0.1, -0.05) is 12.8 Å². The van der Waals surface area contributed by atoms with Crippen molar-refractivity contribution >= 4 is 11.8 Å². The normalized spacial score (nSPS) is 12.9. The van der Waals surface area contributed by atoms with E-state index in [9.17, 15) is 0 Å². The summed E-state index contributed by atoms with van der Waals surface area (Å²) in [4.78, 5) is 4.15. The van der Waals surface area contributed by atoms with E-state index in [0.29, 0.717) is 0 Å². The molecule has 1 aromatic rings. The van der Waals surface area contributed by atoms with Gasteiger partial charge in [-0.2, -0.15) is 11.8 Å². The van der Waals surface area contributed by atoms with Gasteiger partial charge in [-0.25, -0.2) is 4.98 Å². The van der Waals surface area contributed by atoms with E-state index in [0.717, 1.165) is 12.2 Å². The largest absolute Gasteiger partial charge is 0.333 e. The molecule has 1 rings (SSSR count). The summed E-state index contributed by atoms with van der Waals surface area (Å²) in [5.74, 6) is 1.29. The number of hydrogen-bond donors (Lipinski definition) is 1. The Morgan fingerprint density at radius 1 is 1.38 bits per heavy atom. The molecule has 1 unspecified atom stereocenters. The lowest BCUT2D eigenvalue weighted by Crippen LogP contribution is -2.11.